The first-order chi connectivity index (χ1) is 9.99. The van der Waals surface area contributed by atoms with Crippen LogP contribution in [0, 0.1) is 6.92 Å². The van der Waals surface area contributed by atoms with Gasteiger partial charge in [0.2, 0.25) is 11.8 Å². The summed E-state index contributed by atoms with van der Waals surface area (Å²) in [4.78, 5) is 40.1. The molecule has 1 aromatic heterocycles. The summed E-state index contributed by atoms with van der Waals surface area (Å²) in [5.74, 6) is -0.395. The average molecular weight is 306 g/mol. The maximum absolute atomic E-state index is 12.6. The fourth-order valence-corrected chi connectivity index (χ4v) is 2.81. The molecule has 0 aliphatic carbocycles. The van der Waals surface area contributed by atoms with E-state index in [0.29, 0.717) is 28.2 Å². The van der Waals surface area contributed by atoms with Crippen LogP contribution < -0.4 is 10.9 Å². The lowest BCUT2D eigenvalue weighted by Gasteiger charge is -2.24. The standard InChI is InChI=1S/C14H12ClN3O3/c1-7-16-12-8(3-2-4-9(12)15)14(21)18(7)10-5-6-11(19)17-13(10)20/h2-4,10H,5-6H2,1H3,(H,17,19,20). The van der Waals surface area contributed by atoms with Crippen LogP contribution in [0.1, 0.15) is 24.7 Å². The molecule has 7 heteroatoms. The van der Waals surface area contributed by atoms with Gasteiger partial charge in [-0.15, -0.1) is 0 Å². The number of piperidine rings is 1. The molecule has 21 heavy (non-hydrogen) atoms. The summed E-state index contributed by atoms with van der Waals surface area (Å²) in [5.41, 5.74) is 0.0970. The molecular weight excluding hydrogens is 294 g/mol. The van der Waals surface area contributed by atoms with Crippen molar-refractivity contribution in [2.45, 2.75) is 25.8 Å². The molecule has 1 unspecified atom stereocenters. The molecule has 0 radical (unpaired) electrons. The van der Waals surface area contributed by atoms with E-state index in [2.05, 4.69) is 10.3 Å². The monoisotopic (exact) mass is 305 g/mol. The third-order valence-corrected chi connectivity index (χ3v) is 3.89. The molecule has 2 aromatic rings. The number of amides is 2. The molecule has 1 N–H and O–H groups in total. The number of halogens is 1. The van der Waals surface area contributed by atoms with E-state index in [1.807, 2.05) is 0 Å². The van der Waals surface area contributed by atoms with Gasteiger partial charge in [0.25, 0.3) is 5.56 Å². The van der Waals surface area contributed by atoms with Gasteiger partial charge in [-0.2, -0.15) is 0 Å². The second-order valence-electron chi connectivity index (χ2n) is 4.94. The number of aromatic nitrogens is 2. The SMILES string of the molecule is Cc1nc2c(Cl)cccc2c(=O)n1C1CCC(=O)NC1=O. The molecule has 1 saturated heterocycles. The second kappa shape index (κ2) is 4.96. The molecule has 1 atom stereocenters. The van der Waals surface area contributed by atoms with Crippen LogP contribution in [0.25, 0.3) is 10.9 Å². The molecule has 1 aliphatic rings. The summed E-state index contributed by atoms with van der Waals surface area (Å²) in [5, 5.41) is 3.00. The van der Waals surface area contributed by atoms with Crippen LogP contribution in [-0.4, -0.2) is 21.4 Å². The number of nitrogens with zero attached hydrogens (tertiary/aromatic N) is 2. The Labute approximate surface area is 124 Å². The lowest BCUT2D eigenvalue weighted by atomic mass is 10.1. The quantitative estimate of drug-likeness (QED) is 0.806. The van der Waals surface area contributed by atoms with Crippen molar-refractivity contribution < 1.29 is 9.59 Å². The van der Waals surface area contributed by atoms with Crippen molar-refractivity contribution >= 4 is 34.3 Å². The van der Waals surface area contributed by atoms with Crippen LogP contribution in [0.2, 0.25) is 5.02 Å². The Morgan fingerprint density at radius 3 is 2.81 bits per heavy atom. The van der Waals surface area contributed by atoms with Crippen LogP contribution in [0.15, 0.2) is 23.0 Å². The second-order valence-corrected chi connectivity index (χ2v) is 5.34. The minimum Gasteiger partial charge on any atom is -0.295 e. The van der Waals surface area contributed by atoms with Crippen molar-refractivity contribution in [2.75, 3.05) is 0 Å². The number of para-hydroxylation sites is 1. The van der Waals surface area contributed by atoms with Gasteiger partial charge in [0.05, 0.1) is 15.9 Å². The van der Waals surface area contributed by atoms with E-state index in [-0.39, 0.29) is 17.9 Å². The van der Waals surface area contributed by atoms with E-state index in [9.17, 15) is 14.4 Å². The highest BCUT2D eigenvalue weighted by Crippen LogP contribution is 2.22. The van der Waals surface area contributed by atoms with Crippen molar-refractivity contribution in [3.63, 3.8) is 0 Å². The zero-order chi connectivity index (χ0) is 15.1. The Balaban J connectivity index is 2.22. The molecular formula is C14H12ClN3O3. The Hall–Kier alpha value is -2.21. The predicted octanol–water partition coefficient (Wildman–Crippen LogP) is 1.34. The van der Waals surface area contributed by atoms with E-state index < -0.39 is 11.9 Å². The van der Waals surface area contributed by atoms with Gasteiger partial charge in [-0.3, -0.25) is 24.3 Å². The number of benzene rings is 1. The third-order valence-electron chi connectivity index (χ3n) is 3.58. The number of carbonyl (C=O) groups is 2. The van der Waals surface area contributed by atoms with Crippen LogP contribution in [-0.2, 0) is 9.59 Å². The molecule has 2 heterocycles. The first kappa shape index (κ1) is 13.8. The molecule has 0 bridgehead atoms. The molecule has 1 aliphatic heterocycles. The molecule has 108 valence electrons. The number of nitrogens with one attached hydrogen (secondary N) is 1. The van der Waals surface area contributed by atoms with Gasteiger partial charge in [0, 0.05) is 6.42 Å². The van der Waals surface area contributed by atoms with Crippen molar-refractivity contribution in [3.8, 4) is 0 Å². The van der Waals surface area contributed by atoms with E-state index in [1.54, 1.807) is 25.1 Å². The number of hydrogen-bond donors (Lipinski definition) is 1. The Morgan fingerprint density at radius 2 is 2.10 bits per heavy atom. The number of aryl methyl sites for hydroxylation is 1. The number of fused-ring (bicyclic) bond motifs is 1. The molecule has 2 amide bonds. The van der Waals surface area contributed by atoms with Crippen LogP contribution >= 0.6 is 11.6 Å². The Kier molecular flexibility index (Phi) is 3.25. The lowest BCUT2D eigenvalue weighted by molar-refractivity contribution is -0.135. The summed E-state index contributed by atoms with van der Waals surface area (Å²) < 4.78 is 1.33. The normalized spacial score (nSPS) is 18.9. The average Bonchev–Trinajstić information content (AvgIpc) is 2.42. The highest BCUT2D eigenvalue weighted by atomic mass is 35.5. The molecule has 3 rings (SSSR count). The first-order valence-corrected chi connectivity index (χ1v) is 6.88. The predicted molar refractivity (Wildman–Crippen MR) is 77.2 cm³/mol. The van der Waals surface area contributed by atoms with Gasteiger partial charge < -0.3 is 0 Å². The zero-order valence-electron chi connectivity index (χ0n) is 11.2. The maximum atomic E-state index is 12.6. The van der Waals surface area contributed by atoms with Crippen molar-refractivity contribution in [3.05, 3.63) is 39.4 Å². The van der Waals surface area contributed by atoms with E-state index >= 15 is 0 Å². The highest BCUT2D eigenvalue weighted by Gasteiger charge is 2.30. The smallest absolute Gasteiger partial charge is 0.262 e. The highest BCUT2D eigenvalue weighted by molar-refractivity contribution is 6.34. The Morgan fingerprint density at radius 1 is 1.33 bits per heavy atom. The van der Waals surface area contributed by atoms with Crippen molar-refractivity contribution in [2.24, 2.45) is 0 Å². The van der Waals surface area contributed by atoms with E-state index in [1.165, 1.54) is 4.57 Å². The van der Waals surface area contributed by atoms with Gasteiger partial charge in [0.15, 0.2) is 0 Å². The number of imide groups is 1. The van der Waals surface area contributed by atoms with Crippen molar-refractivity contribution in [1.29, 1.82) is 0 Å². The van der Waals surface area contributed by atoms with E-state index in [4.69, 9.17) is 11.6 Å². The summed E-state index contributed by atoms with van der Waals surface area (Å²) in [7, 11) is 0. The summed E-state index contributed by atoms with van der Waals surface area (Å²) >= 11 is 6.05. The summed E-state index contributed by atoms with van der Waals surface area (Å²) in [6, 6.07) is 4.23. The van der Waals surface area contributed by atoms with Crippen molar-refractivity contribution in [1.82, 2.24) is 14.9 Å². The summed E-state index contributed by atoms with van der Waals surface area (Å²) in [6.45, 7) is 1.65. The van der Waals surface area contributed by atoms with Gasteiger partial charge in [-0.25, -0.2) is 4.98 Å². The van der Waals surface area contributed by atoms with E-state index in [0.717, 1.165) is 0 Å². The molecule has 0 saturated carbocycles. The van der Waals surface area contributed by atoms with Gasteiger partial charge in [-0.05, 0) is 25.5 Å². The summed E-state index contributed by atoms with van der Waals surface area (Å²) in [6.07, 6.45) is 0.495. The van der Waals surface area contributed by atoms with Gasteiger partial charge in [-0.1, -0.05) is 17.7 Å². The molecule has 0 spiro atoms. The van der Waals surface area contributed by atoms with Crippen LogP contribution in [0.5, 0.6) is 0 Å². The third kappa shape index (κ3) is 2.21. The molecule has 6 nitrogen and oxygen atoms in total. The number of carbonyl (C=O) groups excluding carboxylic acids is 2. The fraction of sp³-hybridized carbons (Fsp3) is 0.286. The van der Waals surface area contributed by atoms with Gasteiger partial charge >= 0.3 is 0 Å². The fourth-order valence-electron chi connectivity index (χ4n) is 2.59. The maximum Gasteiger partial charge on any atom is 0.262 e. The largest absolute Gasteiger partial charge is 0.295 e. The number of rotatable bonds is 1. The number of hydrogen-bond acceptors (Lipinski definition) is 4. The molecule has 1 fully saturated rings. The topological polar surface area (TPSA) is 81.1 Å². The zero-order valence-corrected chi connectivity index (χ0v) is 12.0. The molecule has 1 aromatic carbocycles. The lowest BCUT2D eigenvalue weighted by Crippen LogP contribution is -2.45. The minimum atomic E-state index is -0.717. The Bertz CT molecular complexity index is 828. The van der Waals surface area contributed by atoms with Gasteiger partial charge in [0.1, 0.15) is 11.9 Å². The van der Waals surface area contributed by atoms with Crippen LogP contribution in [0.4, 0.5) is 0 Å². The van der Waals surface area contributed by atoms with Crippen LogP contribution in [0.3, 0.4) is 0 Å². The minimum absolute atomic E-state index is 0.204. The first-order valence-electron chi connectivity index (χ1n) is 6.50.